The smallest absolute Gasteiger partial charge is 0.277 e. The van der Waals surface area contributed by atoms with Crippen molar-refractivity contribution in [2.45, 2.75) is 13.1 Å². The van der Waals surface area contributed by atoms with E-state index in [1.807, 2.05) is 12.1 Å². The van der Waals surface area contributed by atoms with Crippen LogP contribution in [0.15, 0.2) is 53.9 Å². The van der Waals surface area contributed by atoms with E-state index in [2.05, 4.69) is 26.1 Å². The second-order valence-electron chi connectivity index (χ2n) is 5.31. The summed E-state index contributed by atoms with van der Waals surface area (Å²) in [6, 6.07) is 10.2. The van der Waals surface area contributed by atoms with Gasteiger partial charge < -0.3 is 0 Å². The van der Waals surface area contributed by atoms with Gasteiger partial charge >= 0.3 is 6.18 Å². The van der Waals surface area contributed by atoms with E-state index in [-0.39, 0.29) is 10.7 Å². The maximum absolute atomic E-state index is 12.8. The van der Waals surface area contributed by atoms with E-state index in [4.69, 9.17) is 11.6 Å². The summed E-state index contributed by atoms with van der Waals surface area (Å²) in [6.07, 6.45) is -3.01. The molecule has 0 saturated heterocycles. The van der Waals surface area contributed by atoms with Crippen LogP contribution in [-0.2, 0) is 6.18 Å². The van der Waals surface area contributed by atoms with E-state index in [0.29, 0.717) is 5.71 Å². The highest BCUT2D eigenvalue weighted by Crippen LogP contribution is 2.33. The minimum absolute atomic E-state index is 0.0671. The van der Waals surface area contributed by atoms with Crippen LogP contribution in [0.25, 0.3) is 5.69 Å². The molecule has 0 aliphatic heterocycles. The first kappa shape index (κ1) is 17.9. The average Bonchev–Trinajstić information content (AvgIpc) is 3.14. The Bertz CT molecular complexity index is 937. The van der Waals surface area contributed by atoms with Crippen LogP contribution in [0.1, 0.15) is 18.1 Å². The molecule has 26 heavy (non-hydrogen) atoms. The van der Waals surface area contributed by atoms with Gasteiger partial charge in [0.2, 0.25) is 0 Å². The predicted octanol–water partition coefficient (Wildman–Crippen LogP) is 4.17. The lowest BCUT2D eigenvalue weighted by molar-refractivity contribution is -0.137. The minimum atomic E-state index is -4.46. The first-order valence-electron chi connectivity index (χ1n) is 7.35. The quantitative estimate of drug-likeness (QED) is 0.545. The van der Waals surface area contributed by atoms with Crippen molar-refractivity contribution in [3.05, 3.63) is 64.9 Å². The van der Waals surface area contributed by atoms with Crippen LogP contribution in [0.4, 0.5) is 18.9 Å². The second kappa shape index (κ2) is 7.12. The van der Waals surface area contributed by atoms with Gasteiger partial charge in [0, 0.05) is 0 Å². The van der Waals surface area contributed by atoms with Gasteiger partial charge in [-0.15, -0.1) is 5.10 Å². The molecule has 1 N–H and O–H groups in total. The molecule has 0 aliphatic rings. The molecule has 1 aromatic heterocycles. The molecule has 2 aromatic carbocycles. The fourth-order valence-corrected chi connectivity index (χ4v) is 2.31. The van der Waals surface area contributed by atoms with Gasteiger partial charge in [-0.3, -0.25) is 5.43 Å². The van der Waals surface area contributed by atoms with Crippen LogP contribution in [0, 0.1) is 0 Å². The van der Waals surface area contributed by atoms with Crippen LogP contribution in [0.5, 0.6) is 0 Å². The lowest BCUT2D eigenvalue weighted by Crippen LogP contribution is -2.06. The van der Waals surface area contributed by atoms with Crippen molar-refractivity contribution in [1.29, 1.82) is 0 Å². The van der Waals surface area contributed by atoms with E-state index < -0.39 is 11.7 Å². The fourth-order valence-electron chi connectivity index (χ4n) is 2.15. The predicted molar refractivity (Wildman–Crippen MR) is 91.4 cm³/mol. The summed E-state index contributed by atoms with van der Waals surface area (Å²) in [5, 5.41) is 15.2. The van der Waals surface area contributed by atoms with E-state index >= 15 is 0 Å². The number of hydrogen-bond acceptors (Lipinski definition) is 5. The van der Waals surface area contributed by atoms with Crippen molar-refractivity contribution in [2.24, 2.45) is 5.10 Å². The molecule has 3 rings (SSSR count). The molecule has 0 bridgehead atoms. The minimum Gasteiger partial charge on any atom is -0.277 e. The van der Waals surface area contributed by atoms with Gasteiger partial charge in [0.15, 0.2) is 0 Å². The number of tetrazole rings is 1. The Morgan fingerprint density at radius 2 is 2.00 bits per heavy atom. The van der Waals surface area contributed by atoms with E-state index in [1.54, 1.807) is 19.1 Å². The number of anilines is 1. The zero-order valence-corrected chi connectivity index (χ0v) is 14.1. The highest BCUT2D eigenvalue weighted by Gasteiger charge is 2.30. The highest BCUT2D eigenvalue weighted by molar-refractivity contribution is 6.33. The number of hydrazone groups is 1. The average molecular weight is 381 g/mol. The zero-order chi connectivity index (χ0) is 18.7. The first-order chi connectivity index (χ1) is 12.3. The molecule has 0 fully saturated rings. The Balaban J connectivity index is 1.84. The molecule has 134 valence electrons. The summed E-state index contributed by atoms with van der Waals surface area (Å²) < 4.78 is 39.9. The number of halogens is 4. The number of hydrogen-bond donors (Lipinski definition) is 1. The third-order valence-electron chi connectivity index (χ3n) is 3.52. The number of rotatable bonds is 4. The Labute approximate surface area is 151 Å². The number of nitrogens with zero attached hydrogens (tertiary/aromatic N) is 5. The molecular formula is C16H12ClF3N6. The third-order valence-corrected chi connectivity index (χ3v) is 3.84. The molecule has 0 unspecified atom stereocenters. The maximum Gasteiger partial charge on any atom is 0.416 e. The standard InChI is InChI=1S/C16H12ClF3N6/c1-10(11-3-2-4-13(7-11)26-9-21-24-25-26)22-23-15-8-12(16(18,19)20)5-6-14(15)17/h2-9,23H,1H3. The summed E-state index contributed by atoms with van der Waals surface area (Å²) >= 11 is 5.94. The molecule has 0 atom stereocenters. The normalized spacial score (nSPS) is 12.3. The Morgan fingerprint density at radius 3 is 2.69 bits per heavy atom. The number of alkyl halides is 3. The van der Waals surface area contributed by atoms with E-state index in [9.17, 15) is 13.2 Å². The molecular weight excluding hydrogens is 369 g/mol. The molecule has 1 heterocycles. The summed E-state index contributed by atoms with van der Waals surface area (Å²) in [7, 11) is 0. The van der Waals surface area contributed by atoms with Crippen molar-refractivity contribution in [3.63, 3.8) is 0 Å². The Morgan fingerprint density at radius 1 is 1.19 bits per heavy atom. The zero-order valence-electron chi connectivity index (χ0n) is 13.4. The molecule has 6 nitrogen and oxygen atoms in total. The molecule has 0 amide bonds. The van der Waals surface area contributed by atoms with Crippen LogP contribution in [0.2, 0.25) is 5.02 Å². The third kappa shape index (κ3) is 3.99. The van der Waals surface area contributed by atoms with Crippen molar-refractivity contribution in [1.82, 2.24) is 20.2 Å². The van der Waals surface area contributed by atoms with Crippen LogP contribution < -0.4 is 5.43 Å². The largest absolute Gasteiger partial charge is 0.416 e. The monoisotopic (exact) mass is 380 g/mol. The summed E-state index contributed by atoms with van der Waals surface area (Å²) in [6.45, 7) is 1.72. The molecule has 0 saturated carbocycles. The lowest BCUT2D eigenvalue weighted by atomic mass is 10.1. The Kier molecular flexibility index (Phi) is 4.90. The number of benzene rings is 2. The van der Waals surface area contributed by atoms with Crippen LogP contribution in [0.3, 0.4) is 0 Å². The van der Waals surface area contributed by atoms with Gasteiger partial charge in [0.05, 0.1) is 27.7 Å². The van der Waals surface area contributed by atoms with Crippen molar-refractivity contribution in [3.8, 4) is 5.69 Å². The van der Waals surface area contributed by atoms with Crippen molar-refractivity contribution in [2.75, 3.05) is 5.43 Å². The van der Waals surface area contributed by atoms with E-state index in [1.165, 1.54) is 17.1 Å². The van der Waals surface area contributed by atoms with Crippen LogP contribution in [-0.4, -0.2) is 25.9 Å². The molecule has 10 heteroatoms. The summed E-state index contributed by atoms with van der Waals surface area (Å²) in [5.74, 6) is 0. The highest BCUT2D eigenvalue weighted by atomic mass is 35.5. The molecule has 3 aromatic rings. The van der Waals surface area contributed by atoms with Gasteiger partial charge in [-0.2, -0.15) is 18.3 Å². The van der Waals surface area contributed by atoms with Gasteiger partial charge in [-0.1, -0.05) is 23.7 Å². The number of aromatic nitrogens is 4. The first-order valence-corrected chi connectivity index (χ1v) is 7.73. The number of nitrogens with one attached hydrogen (secondary N) is 1. The van der Waals surface area contributed by atoms with Crippen LogP contribution >= 0.6 is 11.6 Å². The van der Waals surface area contributed by atoms with Gasteiger partial charge in [-0.05, 0) is 53.2 Å². The SMILES string of the molecule is CC(=NNc1cc(C(F)(F)F)ccc1Cl)c1cccc(-n2cnnn2)c1. The van der Waals surface area contributed by atoms with Gasteiger partial charge in [0.25, 0.3) is 0 Å². The molecule has 0 spiro atoms. The molecule has 0 radical (unpaired) electrons. The summed E-state index contributed by atoms with van der Waals surface area (Å²) in [5.41, 5.74) is 3.86. The topological polar surface area (TPSA) is 68.0 Å². The maximum atomic E-state index is 12.8. The second-order valence-corrected chi connectivity index (χ2v) is 5.71. The Hall–Kier alpha value is -2.94. The van der Waals surface area contributed by atoms with Crippen molar-refractivity contribution >= 4 is 23.0 Å². The fraction of sp³-hybridized carbons (Fsp3) is 0.125. The van der Waals surface area contributed by atoms with Gasteiger partial charge in [0.1, 0.15) is 6.33 Å². The summed E-state index contributed by atoms with van der Waals surface area (Å²) in [4.78, 5) is 0. The van der Waals surface area contributed by atoms with Gasteiger partial charge in [-0.25, -0.2) is 4.68 Å². The molecule has 0 aliphatic carbocycles. The van der Waals surface area contributed by atoms with Crippen molar-refractivity contribution < 1.29 is 13.2 Å². The lowest BCUT2D eigenvalue weighted by Gasteiger charge is -2.11. The van der Waals surface area contributed by atoms with E-state index in [0.717, 1.165) is 23.4 Å².